The number of hydrogen-bond donors (Lipinski definition) is 1. The number of benzene rings is 1. The van der Waals surface area contributed by atoms with E-state index in [1.54, 1.807) is 13.0 Å². The zero-order valence-corrected chi connectivity index (χ0v) is 14.3. The highest BCUT2D eigenvalue weighted by Crippen LogP contribution is 2.23. The van der Waals surface area contributed by atoms with Crippen LogP contribution in [0.1, 0.15) is 35.3 Å². The van der Waals surface area contributed by atoms with Crippen LogP contribution in [0.5, 0.6) is 0 Å². The van der Waals surface area contributed by atoms with E-state index in [9.17, 15) is 13.2 Å². The lowest BCUT2D eigenvalue weighted by molar-refractivity contribution is 0.0948. The average Bonchev–Trinajstić information content (AvgIpc) is 2.38. The highest BCUT2D eigenvalue weighted by molar-refractivity contribution is 7.89. The number of carbonyl (C=O) groups is 1. The summed E-state index contributed by atoms with van der Waals surface area (Å²) in [5.41, 5.74) is 1.83. The number of amides is 1. The molecule has 0 unspecified atom stereocenters. The van der Waals surface area contributed by atoms with Gasteiger partial charge in [0.2, 0.25) is 10.0 Å². The van der Waals surface area contributed by atoms with Gasteiger partial charge in [0, 0.05) is 26.2 Å². The number of rotatable bonds is 5. The van der Waals surface area contributed by atoms with Crippen molar-refractivity contribution in [2.75, 3.05) is 20.6 Å². The van der Waals surface area contributed by atoms with E-state index in [4.69, 9.17) is 0 Å². The molecule has 0 aliphatic carbocycles. The van der Waals surface area contributed by atoms with E-state index in [0.29, 0.717) is 23.6 Å². The Kier molecular flexibility index (Phi) is 5.53. The van der Waals surface area contributed by atoms with Crippen LogP contribution < -0.4 is 5.32 Å². The van der Waals surface area contributed by atoms with Crippen molar-refractivity contribution in [3.63, 3.8) is 0 Å². The first-order valence-corrected chi connectivity index (χ1v) is 8.33. The van der Waals surface area contributed by atoms with Gasteiger partial charge in [-0.05, 0) is 43.0 Å². The lowest BCUT2D eigenvalue weighted by atomic mass is 10.1. The first-order valence-electron chi connectivity index (χ1n) is 6.89. The number of sulfonamides is 1. The fraction of sp³-hybridized carbons (Fsp3) is 0.533. The molecule has 1 N–H and O–H groups in total. The van der Waals surface area contributed by atoms with Crippen molar-refractivity contribution in [3.8, 4) is 0 Å². The highest BCUT2D eigenvalue weighted by atomic mass is 32.2. The van der Waals surface area contributed by atoms with Crippen LogP contribution in [-0.2, 0) is 10.0 Å². The van der Waals surface area contributed by atoms with Crippen LogP contribution in [0.3, 0.4) is 0 Å². The topological polar surface area (TPSA) is 66.5 Å². The van der Waals surface area contributed by atoms with Gasteiger partial charge in [-0.15, -0.1) is 0 Å². The maximum atomic E-state index is 12.3. The van der Waals surface area contributed by atoms with Crippen molar-refractivity contribution in [1.82, 2.24) is 9.62 Å². The van der Waals surface area contributed by atoms with Crippen LogP contribution in [0.4, 0.5) is 0 Å². The smallest absolute Gasteiger partial charge is 0.251 e. The molecule has 0 spiro atoms. The first kappa shape index (κ1) is 17.7. The van der Waals surface area contributed by atoms with Crippen LogP contribution in [0, 0.1) is 19.8 Å². The summed E-state index contributed by atoms with van der Waals surface area (Å²) >= 11 is 0. The maximum Gasteiger partial charge on any atom is 0.251 e. The summed E-state index contributed by atoms with van der Waals surface area (Å²) in [5.74, 6) is 0.0903. The summed E-state index contributed by atoms with van der Waals surface area (Å²) < 4.78 is 25.8. The Morgan fingerprint density at radius 1 is 1.24 bits per heavy atom. The molecular weight excluding hydrogens is 288 g/mol. The predicted molar refractivity (Wildman–Crippen MR) is 84.0 cm³/mol. The van der Waals surface area contributed by atoms with E-state index in [1.165, 1.54) is 20.2 Å². The van der Waals surface area contributed by atoms with Crippen molar-refractivity contribution in [3.05, 3.63) is 28.8 Å². The van der Waals surface area contributed by atoms with Crippen LogP contribution in [0.15, 0.2) is 17.0 Å². The van der Waals surface area contributed by atoms with Gasteiger partial charge >= 0.3 is 0 Å². The zero-order valence-electron chi connectivity index (χ0n) is 13.5. The van der Waals surface area contributed by atoms with Crippen molar-refractivity contribution in [2.45, 2.75) is 32.6 Å². The largest absolute Gasteiger partial charge is 0.352 e. The molecule has 1 aromatic rings. The number of nitrogens with one attached hydrogen (secondary N) is 1. The van der Waals surface area contributed by atoms with E-state index in [2.05, 4.69) is 5.32 Å². The van der Waals surface area contributed by atoms with E-state index >= 15 is 0 Å². The fourth-order valence-electron chi connectivity index (χ4n) is 1.82. The van der Waals surface area contributed by atoms with Gasteiger partial charge in [0.15, 0.2) is 0 Å². The third-order valence-electron chi connectivity index (χ3n) is 3.31. The molecule has 1 rings (SSSR count). The normalized spacial score (nSPS) is 12.0. The van der Waals surface area contributed by atoms with Crippen molar-refractivity contribution in [2.24, 2.45) is 5.92 Å². The second-order valence-corrected chi connectivity index (χ2v) is 7.93. The van der Waals surface area contributed by atoms with Crippen molar-refractivity contribution >= 4 is 15.9 Å². The van der Waals surface area contributed by atoms with Gasteiger partial charge in [0.05, 0.1) is 4.90 Å². The quantitative estimate of drug-likeness (QED) is 0.903. The van der Waals surface area contributed by atoms with Crippen LogP contribution in [0.25, 0.3) is 0 Å². The molecule has 21 heavy (non-hydrogen) atoms. The Morgan fingerprint density at radius 2 is 1.81 bits per heavy atom. The van der Waals surface area contributed by atoms with Crippen molar-refractivity contribution < 1.29 is 13.2 Å². The van der Waals surface area contributed by atoms with Gasteiger partial charge in [-0.1, -0.05) is 13.8 Å². The molecule has 0 bridgehead atoms. The molecule has 0 heterocycles. The molecule has 0 aromatic heterocycles. The molecule has 6 heteroatoms. The predicted octanol–water partition coefficient (Wildman–Crippen LogP) is 1.94. The monoisotopic (exact) mass is 312 g/mol. The summed E-state index contributed by atoms with van der Waals surface area (Å²) in [7, 11) is -0.601. The van der Waals surface area contributed by atoms with Gasteiger partial charge in [0.25, 0.3) is 5.91 Å². The Morgan fingerprint density at radius 3 is 2.29 bits per heavy atom. The number of hydrogen-bond acceptors (Lipinski definition) is 3. The summed E-state index contributed by atoms with van der Waals surface area (Å²) in [5, 5.41) is 2.81. The molecule has 0 saturated heterocycles. The minimum atomic E-state index is -3.56. The third-order valence-corrected chi connectivity index (χ3v) is 5.25. The van der Waals surface area contributed by atoms with Crippen LogP contribution in [0.2, 0.25) is 0 Å². The summed E-state index contributed by atoms with van der Waals surface area (Å²) in [4.78, 5) is 12.3. The lowest BCUT2D eigenvalue weighted by Crippen LogP contribution is -2.28. The second-order valence-electron chi connectivity index (χ2n) is 5.81. The summed E-state index contributed by atoms with van der Waals surface area (Å²) in [6, 6.07) is 3.17. The van der Waals surface area contributed by atoms with Crippen molar-refractivity contribution in [1.29, 1.82) is 0 Å². The van der Waals surface area contributed by atoms with E-state index in [1.807, 2.05) is 20.8 Å². The van der Waals surface area contributed by atoms with E-state index in [-0.39, 0.29) is 10.8 Å². The van der Waals surface area contributed by atoms with E-state index in [0.717, 1.165) is 9.87 Å². The Hall–Kier alpha value is -1.40. The zero-order chi connectivity index (χ0) is 16.4. The number of aryl methyl sites for hydroxylation is 1. The molecule has 0 atom stereocenters. The fourth-order valence-corrected chi connectivity index (χ4v) is 3.04. The maximum absolute atomic E-state index is 12.3. The lowest BCUT2D eigenvalue weighted by Gasteiger charge is -2.17. The van der Waals surface area contributed by atoms with Crippen LogP contribution in [-0.4, -0.2) is 39.3 Å². The molecule has 5 nitrogen and oxygen atoms in total. The minimum absolute atomic E-state index is 0.183. The minimum Gasteiger partial charge on any atom is -0.352 e. The Labute approximate surface area is 127 Å². The van der Waals surface area contributed by atoms with Crippen LogP contribution >= 0.6 is 0 Å². The third kappa shape index (κ3) is 4.04. The number of nitrogens with zero attached hydrogens (tertiary/aromatic N) is 1. The van der Waals surface area contributed by atoms with Gasteiger partial charge < -0.3 is 5.32 Å². The Bertz CT molecular complexity index is 635. The van der Waals surface area contributed by atoms with Gasteiger partial charge in [-0.3, -0.25) is 4.79 Å². The van der Waals surface area contributed by atoms with E-state index < -0.39 is 10.0 Å². The second kappa shape index (κ2) is 6.58. The molecule has 0 radical (unpaired) electrons. The highest BCUT2D eigenvalue weighted by Gasteiger charge is 2.22. The molecule has 118 valence electrons. The SMILES string of the molecule is Cc1cc(C(=O)NCC(C)C)cc(S(=O)(=O)N(C)C)c1C. The molecule has 0 saturated carbocycles. The number of carbonyl (C=O) groups excluding carboxylic acids is 1. The molecule has 1 aromatic carbocycles. The standard InChI is InChI=1S/C15H24N2O3S/c1-10(2)9-16-15(18)13-7-11(3)12(4)14(8-13)21(19,20)17(5)6/h7-8,10H,9H2,1-6H3,(H,16,18). The van der Waals surface area contributed by atoms with Gasteiger partial charge in [-0.25, -0.2) is 12.7 Å². The average molecular weight is 312 g/mol. The summed E-state index contributed by atoms with van der Waals surface area (Å²) in [6.45, 7) is 8.12. The molecular formula is C15H24N2O3S. The molecule has 0 fully saturated rings. The molecule has 1 amide bonds. The van der Waals surface area contributed by atoms with Gasteiger partial charge in [0.1, 0.15) is 0 Å². The molecule has 0 aliphatic rings. The first-order chi connectivity index (χ1) is 9.57. The van der Waals surface area contributed by atoms with Gasteiger partial charge in [-0.2, -0.15) is 0 Å². The molecule has 0 aliphatic heterocycles. The summed E-state index contributed by atoms with van der Waals surface area (Å²) in [6.07, 6.45) is 0. The Balaban J connectivity index is 3.28.